The maximum atomic E-state index is 4.43. The Bertz CT molecular complexity index is 370. The maximum absolute atomic E-state index is 4.43. The lowest BCUT2D eigenvalue weighted by molar-refractivity contribution is 0.750. The highest BCUT2D eigenvalue weighted by Crippen LogP contribution is 2.30. The number of aryl methyl sites for hydroxylation is 1. The van der Waals surface area contributed by atoms with E-state index >= 15 is 0 Å². The van der Waals surface area contributed by atoms with Crippen molar-refractivity contribution in [3.63, 3.8) is 0 Å². The van der Waals surface area contributed by atoms with Gasteiger partial charge in [-0.3, -0.25) is 0 Å². The van der Waals surface area contributed by atoms with E-state index in [4.69, 9.17) is 0 Å². The molecule has 0 spiro atoms. The summed E-state index contributed by atoms with van der Waals surface area (Å²) in [5, 5.41) is 4.38. The fourth-order valence-electron chi connectivity index (χ4n) is 2.17. The van der Waals surface area contributed by atoms with E-state index in [-0.39, 0.29) is 0 Å². The molecule has 2 rings (SSSR count). The van der Waals surface area contributed by atoms with Gasteiger partial charge in [0, 0.05) is 22.0 Å². The van der Waals surface area contributed by atoms with Gasteiger partial charge in [0.25, 0.3) is 0 Å². The van der Waals surface area contributed by atoms with Crippen LogP contribution in [0.15, 0.2) is 16.7 Å². The molecule has 88 valence electrons. The first-order valence-electron chi connectivity index (χ1n) is 5.60. The standard InChI is InChI=1S/C12H17BrN2S/c1-8-5-9(13)7-14-12(8)15-10-3-4-11(6-10)16-2/h5,7,10-11H,3-4,6H2,1-2H3,(H,14,15). The number of aromatic nitrogens is 1. The fraction of sp³-hybridized carbons (Fsp3) is 0.583. The first-order chi connectivity index (χ1) is 7.69. The van der Waals surface area contributed by atoms with Gasteiger partial charge in [0.1, 0.15) is 5.82 Å². The Hall–Kier alpha value is -0.220. The third kappa shape index (κ3) is 2.92. The molecule has 2 atom stereocenters. The predicted molar refractivity (Wildman–Crippen MR) is 75.2 cm³/mol. The summed E-state index contributed by atoms with van der Waals surface area (Å²) in [6, 6.07) is 2.71. The van der Waals surface area contributed by atoms with Crippen molar-refractivity contribution in [3.8, 4) is 0 Å². The number of hydrogen-bond acceptors (Lipinski definition) is 3. The third-order valence-corrected chi connectivity index (χ3v) is 4.63. The number of hydrogen-bond donors (Lipinski definition) is 1. The molecule has 4 heteroatoms. The summed E-state index contributed by atoms with van der Waals surface area (Å²) in [5.74, 6) is 1.04. The zero-order chi connectivity index (χ0) is 11.5. The summed E-state index contributed by atoms with van der Waals surface area (Å²) in [6.07, 6.45) is 7.92. The van der Waals surface area contributed by atoms with Gasteiger partial charge in [0.05, 0.1) is 0 Å². The number of halogens is 1. The van der Waals surface area contributed by atoms with E-state index in [0.29, 0.717) is 6.04 Å². The Morgan fingerprint density at radius 1 is 1.50 bits per heavy atom. The zero-order valence-electron chi connectivity index (χ0n) is 9.66. The van der Waals surface area contributed by atoms with E-state index in [9.17, 15) is 0 Å². The van der Waals surface area contributed by atoms with Crippen LogP contribution in [0, 0.1) is 6.92 Å². The van der Waals surface area contributed by atoms with Crippen molar-refractivity contribution in [1.82, 2.24) is 4.98 Å². The normalized spacial score (nSPS) is 24.7. The number of pyridine rings is 1. The van der Waals surface area contributed by atoms with Crippen LogP contribution in [0.3, 0.4) is 0 Å². The van der Waals surface area contributed by atoms with Crippen molar-refractivity contribution in [1.29, 1.82) is 0 Å². The summed E-state index contributed by atoms with van der Waals surface area (Å²) in [7, 11) is 0. The topological polar surface area (TPSA) is 24.9 Å². The van der Waals surface area contributed by atoms with Crippen LogP contribution < -0.4 is 5.32 Å². The third-order valence-electron chi connectivity index (χ3n) is 3.10. The second-order valence-corrected chi connectivity index (χ2v) is 6.38. The molecule has 1 saturated carbocycles. The second-order valence-electron chi connectivity index (χ2n) is 4.33. The van der Waals surface area contributed by atoms with Crippen LogP contribution >= 0.6 is 27.7 Å². The predicted octanol–water partition coefficient (Wildman–Crippen LogP) is 3.85. The molecule has 2 nitrogen and oxygen atoms in total. The SMILES string of the molecule is CSC1CCC(Nc2ncc(Br)cc2C)C1. The molecular formula is C12H17BrN2S. The molecule has 0 saturated heterocycles. The van der Waals surface area contributed by atoms with Crippen molar-refractivity contribution < 1.29 is 0 Å². The van der Waals surface area contributed by atoms with E-state index in [1.54, 1.807) is 0 Å². The average molecular weight is 301 g/mol. The smallest absolute Gasteiger partial charge is 0.129 e. The number of nitrogens with one attached hydrogen (secondary N) is 1. The molecule has 16 heavy (non-hydrogen) atoms. The van der Waals surface area contributed by atoms with E-state index < -0.39 is 0 Å². The molecule has 0 bridgehead atoms. The Morgan fingerprint density at radius 3 is 2.94 bits per heavy atom. The van der Waals surface area contributed by atoms with E-state index in [0.717, 1.165) is 15.5 Å². The average Bonchev–Trinajstić information content (AvgIpc) is 2.70. The summed E-state index contributed by atoms with van der Waals surface area (Å²) >= 11 is 5.42. The van der Waals surface area contributed by atoms with Crippen LogP contribution in [0.4, 0.5) is 5.82 Å². The molecule has 1 N–H and O–H groups in total. The summed E-state index contributed by atoms with van der Waals surface area (Å²) in [5.41, 5.74) is 1.21. The van der Waals surface area contributed by atoms with Crippen molar-refractivity contribution in [2.24, 2.45) is 0 Å². The van der Waals surface area contributed by atoms with Crippen molar-refractivity contribution >= 4 is 33.5 Å². The molecule has 0 radical (unpaired) electrons. The van der Waals surface area contributed by atoms with Crippen LogP contribution in [-0.4, -0.2) is 22.5 Å². The van der Waals surface area contributed by atoms with E-state index in [1.807, 2.05) is 18.0 Å². The Kier molecular flexibility index (Phi) is 4.14. The molecular weight excluding hydrogens is 284 g/mol. The molecule has 1 aliphatic rings. The first kappa shape index (κ1) is 12.2. The number of thioether (sulfide) groups is 1. The molecule has 2 unspecified atom stereocenters. The van der Waals surface area contributed by atoms with Gasteiger partial charge in [-0.2, -0.15) is 11.8 Å². The van der Waals surface area contributed by atoms with Gasteiger partial charge in [-0.15, -0.1) is 0 Å². The highest BCUT2D eigenvalue weighted by atomic mass is 79.9. The molecule has 1 aromatic heterocycles. The highest BCUT2D eigenvalue weighted by Gasteiger charge is 2.24. The molecule has 1 fully saturated rings. The van der Waals surface area contributed by atoms with Crippen molar-refractivity contribution in [2.75, 3.05) is 11.6 Å². The first-order valence-corrected chi connectivity index (χ1v) is 7.68. The lowest BCUT2D eigenvalue weighted by Gasteiger charge is -2.15. The summed E-state index contributed by atoms with van der Waals surface area (Å²) < 4.78 is 1.05. The summed E-state index contributed by atoms with van der Waals surface area (Å²) in [6.45, 7) is 2.10. The largest absolute Gasteiger partial charge is 0.367 e. The second kappa shape index (κ2) is 5.41. The van der Waals surface area contributed by atoms with Crippen molar-refractivity contribution in [2.45, 2.75) is 37.5 Å². The lowest BCUT2D eigenvalue weighted by Crippen LogP contribution is -2.17. The van der Waals surface area contributed by atoms with Gasteiger partial charge < -0.3 is 5.32 Å². The fourth-order valence-corrected chi connectivity index (χ4v) is 3.41. The van der Waals surface area contributed by atoms with Crippen LogP contribution in [0.5, 0.6) is 0 Å². The number of rotatable bonds is 3. The maximum Gasteiger partial charge on any atom is 0.129 e. The molecule has 0 aromatic carbocycles. The minimum atomic E-state index is 0.602. The van der Waals surface area contributed by atoms with Gasteiger partial charge in [-0.25, -0.2) is 4.98 Å². The van der Waals surface area contributed by atoms with Gasteiger partial charge in [-0.05, 0) is 60.0 Å². The number of anilines is 1. The highest BCUT2D eigenvalue weighted by molar-refractivity contribution is 9.10. The number of nitrogens with zero attached hydrogens (tertiary/aromatic N) is 1. The van der Waals surface area contributed by atoms with Crippen LogP contribution in [0.1, 0.15) is 24.8 Å². The van der Waals surface area contributed by atoms with Gasteiger partial charge in [0.2, 0.25) is 0 Å². The van der Waals surface area contributed by atoms with Gasteiger partial charge in [0.15, 0.2) is 0 Å². The zero-order valence-corrected chi connectivity index (χ0v) is 12.1. The molecule has 0 aliphatic heterocycles. The molecule has 1 heterocycles. The minimum Gasteiger partial charge on any atom is -0.367 e. The molecule has 1 aliphatic carbocycles. The minimum absolute atomic E-state index is 0.602. The Balaban J connectivity index is 1.99. The van der Waals surface area contributed by atoms with Gasteiger partial charge in [-0.1, -0.05) is 0 Å². The Labute approximate surface area is 110 Å². The van der Waals surface area contributed by atoms with E-state index in [1.165, 1.54) is 24.8 Å². The lowest BCUT2D eigenvalue weighted by atomic mass is 10.2. The van der Waals surface area contributed by atoms with E-state index in [2.05, 4.69) is 45.5 Å². The van der Waals surface area contributed by atoms with Crippen LogP contribution in [0.2, 0.25) is 0 Å². The molecule has 0 amide bonds. The van der Waals surface area contributed by atoms with Crippen LogP contribution in [0.25, 0.3) is 0 Å². The quantitative estimate of drug-likeness (QED) is 0.918. The van der Waals surface area contributed by atoms with Gasteiger partial charge >= 0.3 is 0 Å². The molecule has 1 aromatic rings. The monoisotopic (exact) mass is 300 g/mol. The van der Waals surface area contributed by atoms with Crippen LogP contribution in [-0.2, 0) is 0 Å². The van der Waals surface area contributed by atoms with Crippen molar-refractivity contribution in [3.05, 3.63) is 22.3 Å². The summed E-state index contributed by atoms with van der Waals surface area (Å²) in [4.78, 5) is 4.43. The Morgan fingerprint density at radius 2 is 2.31 bits per heavy atom.